The first-order chi connectivity index (χ1) is 12.4. The van der Waals surface area contributed by atoms with Gasteiger partial charge in [-0.05, 0) is 37.6 Å². The fraction of sp³-hybridized carbons (Fsp3) is 0.200. The average Bonchev–Trinajstić information content (AvgIpc) is 2.64. The van der Waals surface area contributed by atoms with Crippen LogP contribution in [-0.4, -0.2) is 29.2 Å². The van der Waals surface area contributed by atoms with E-state index < -0.39 is 11.5 Å². The van der Waals surface area contributed by atoms with E-state index in [1.165, 1.54) is 12.1 Å². The molecule has 0 fully saturated rings. The van der Waals surface area contributed by atoms with Crippen LogP contribution in [0.15, 0.2) is 54.6 Å². The lowest BCUT2D eigenvalue weighted by molar-refractivity contribution is -0.132. The number of hydrogen-bond acceptors (Lipinski definition) is 4. The van der Waals surface area contributed by atoms with Gasteiger partial charge < -0.3 is 9.64 Å². The number of rotatable bonds is 4. The summed E-state index contributed by atoms with van der Waals surface area (Å²) < 4.78 is 5.79. The third kappa shape index (κ3) is 3.45. The number of nitrogens with one attached hydrogen (secondary N) is 1. The predicted molar refractivity (Wildman–Crippen MR) is 98.2 cm³/mol. The molecule has 2 N–H and O–H groups in total. The van der Waals surface area contributed by atoms with Crippen LogP contribution >= 0.6 is 0 Å². The molecule has 1 aliphatic heterocycles. The summed E-state index contributed by atoms with van der Waals surface area (Å²) in [7, 11) is 0. The number of nitrogens with zero attached hydrogens (tertiary/aromatic N) is 1. The number of benzene rings is 2. The van der Waals surface area contributed by atoms with Gasteiger partial charge in [0.1, 0.15) is 5.75 Å². The van der Waals surface area contributed by atoms with Crippen molar-refractivity contribution in [1.82, 2.24) is 5.48 Å². The van der Waals surface area contributed by atoms with Gasteiger partial charge in [0.15, 0.2) is 5.60 Å². The summed E-state index contributed by atoms with van der Waals surface area (Å²) in [5, 5.41) is 8.84. The fourth-order valence-corrected chi connectivity index (χ4v) is 2.81. The smallest absolute Gasteiger partial charge is 0.274 e. The summed E-state index contributed by atoms with van der Waals surface area (Å²) in [5.74, 6) is -0.341. The zero-order valence-electron chi connectivity index (χ0n) is 14.6. The van der Waals surface area contributed by atoms with Crippen LogP contribution < -0.4 is 15.1 Å². The van der Waals surface area contributed by atoms with Gasteiger partial charge in [-0.3, -0.25) is 14.8 Å². The number of ether oxygens (including phenoxy) is 1. The normalized spacial score (nSPS) is 15.5. The molecule has 3 rings (SSSR count). The molecule has 0 radical (unpaired) electrons. The highest BCUT2D eigenvalue weighted by Gasteiger charge is 2.40. The molecule has 0 atom stereocenters. The number of carbonyl (C=O) groups excluding carboxylic acids is 2. The van der Waals surface area contributed by atoms with Crippen molar-refractivity contribution < 1.29 is 19.5 Å². The van der Waals surface area contributed by atoms with Crippen molar-refractivity contribution >= 4 is 23.6 Å². The van der Waals surface area contributed by atoms with Gasteiger partial charge in [-0.25, -0.2) is 5.48 Å². The average molecular weight is 352 g/mol. The van der Waals surface area contributed by atoms with E-state index in [0.717, 1.165) is 5.56 Å². The molecule has 0 aliphatic carbocycles. The quantitative estimate of drug-likeness (QED) is 0.655. The number of anilines is 1. The van der Waals surface area contributed by atoms with Gasteiger partial charge >= 0.3 is 0 Å². The molecule has 26 heavy (non-hydrogen) atoms. The minimum absolute atomic E-state index is 0.204. The van der Waals surface area contributed by atoms with E-state index >= 15 is 0 Å². The Kier molecular flexibility index (Phi) is 4.77. The highest BCUT2D eigenvalue weighted by atomic mass is 16.5. The number of fused-ring (bicyclic) bond motifs is 1. The van der Waals surface area contributed by atoms with Gasteiger partial charge in [-0.2, -0.15) is 0 Å². The molecule has 1 heterocycles. The van der Waals surface area contributed by atoms with Crippen LogP contribution in [0, 0.1) is 0 Å². The van der Waals surface area contributed by atoms with Crippen LogP contribution in [0.3, 0.4) is 0 Å². The SMILES string of the molecule is CC1(C)Oc2ccc(C(=O)NO)cc2N(C/C=C/c2ccccc2)C1=O. The van der Waals surface area contributed by atoms with Crippen molar-refractivity contribution in [2.75, 3.05) is 11.4 Å². The minimum atomic E-state index is -1.01. The maximum Gasteiger partial charge on any atom is 0.274 e. The molecule has 134 valence electrons. The van der Waals surface area contributed by atoms with E-state index in [1.54, 1.807) is 30.3 Å². The van der Waals surface area contributed by atoms with Gasteiger partial charge in [0.2, 0.25) is 0 Å². The topological polar surface area (TPSA) is 78.9 Å². The Morgan fingerprint density at radius 1 is 1.23 bits per heavy atom. The maximum atomic E-state index is 12.8. The van der Waals surface area contributed by atoms with Crippen molar-refractivity contribution in [3.05, 3.63) is 65.7 Å². The molecule has 0 saturated heterocycles. The van der Waals surface area contributed by atoms with Crippen LogP contribution in [0.2, 0.25) is 0 Å². The fourth-order valence-electron chi connectivity index (χ4n) is 2.81. The summed E-state index contributed by atoms with van der Waals surface area (Å²) >= 11 is 0. The number of hydrogen-bond donors (Lipinski definition) is 2. The highest BCUT2D eigenvalue weighted by molar-refractivity contribution is 6.04. The summed E-state index contributed by atoms with van der Waals surface area (Å²) in [6.07, 6.45) is 3.82. The summed E-state index contributed by atoms with van der Waals surface area (Å²) in [6, 6.07) is 14.5. The number of amides is 2. The highest BCUT2D eigenvalue weighted by Crippen LogP contribution is 2.38. The molecule has 0 saturated carbocycles. The second kappa shape index (κ2) is 7.01. The molecule has 0 bridgehead atoms. The van der Waals surface area contributed by atoms with E-state index in [9.17, 15) is 9.59 Å². The Morgan fingerprint density at radius 3 is 2.65 bits per heavy atom. The van der Waals surface area contributed by atoms with Crippen molar-refractivity contribution in [3.8, 4) is 5.75 Å². The lowest BCUT2D eigenvalue weighted by atomic mass is 10.0. The second-order valence-electron chi connectivity index (χ2n) is 6.46. The van der Waals surface area contributed by atoms with E-state index in [1.807, 2.05) is 42.5 Å². The Hall–Kier alpha value is -3.12. The van der Waals surface area contributed by atoms with E-state index in [4.69, 9.17) is 9.94 Å². The zero-order chi connectivity index (χ0) is 18.7. The summed E-state index contributed by atoms with van der Waals surface area (Å²) in [5.41, 5.74) is 2.35. The monoisotopic (exact) mass is 352 g/mol. The number of hydroxylamine groups is 1. The largest absolute Gasteiger partial charge is 0.476 e. The Balaban J connectivity index is 1.93. The molecule has 0 aromatic heterocycles. The van der Waals surface area contributed by atoms with Crippen molar-refractivity contribution in [3.63, 3.8) is 0 Å². The Bertz CT molecular complexity index is 859. The summed E-state index contributed by atoms with van der Waals surface area (Å²) in [4.78, 5) is 26.1. The van der Waals surface area contributed by atoms with E-state index in [2.05, 4.69) is 0 Å². The molecular formula is C20H20N2O4. The van der Waals surface area contributed by atoms with Crippen molar-refractivity contribution in [2.45, 2.75) is 19.4 Å². The second-order valence-corrected chi connectivity index (χ2v) is 6.46. The van der Waals surface area contributed by atoms with Crippen LogP contribution in [0.5, 0.6) is 5.75 Å². The van der Waals surface area contributed by atoms with Crippen molar-refractivity contribution in [1.29, 1.82) is 0 Å². The molecule has 0 unspecified atom stereocenters. The Morgan fingerprint density at radius 2 is 1.96 bits per heavy atom. The van der Waals surface area contributed by atoms with E-state index in [-0.39, 0.29) is 11.5 Å². The third-order valence-electron chi connectivity index (χ3n) is 4.14. The first-order valence-electron chi connectivity index (χ1n) is 8.23. The predicted octanol–water partition coefficient (Wildman–Crippen LogP) is 3.02. The molecule has 0 spiro atoms. The molecule has 6 nitrogen and oxygen atoms in total. The van der Waals surface area contributed by atoms with Gasteiger partial charge in [0.25, 0.3) is 11.8 Å². The molecule has 2 aromatic carbocycles. The maximum absolute atomic E-state index is 12.8. The minimum Gasteiger partial charge on any atom is -0.476 e. The van der Waals surface area contributed by atoms with Crippen LogP contribution in [0.25, 0.3) is 6.08 Å². The van der Waals surface area contributed by atoms with Gasteiger partial charge in [0.05, 0.1) is 5.69 Å². The van der Waals surface area contributed by atoms with Gasteiger partial charge in [-0.1, -0.05) is 42.5 Å². The molecule has 2 amide bonds. The summed E-state index contributed by atoms with van der Waals surface area (Å²) in [6.45, 7) is 3.75. The van der Waals surface area contributed by atoms with E-state index in [0.29, 0.717) is 18.0 Å². The first-order valence-corrected chi connectivity index (χ1v) is 8.23. The Labute approximate surface area is 151 Å². The van der Waals surface area contributed by atoms with Crippen molar-refractivity contribution in [2.24, 2.45) is 0 Å². The molecule has 6 heteroatoms. The lowest BCUT2D eigenvalue weighted by Gasteiger charge is -2.38. The molecule has 2 aromatic rings. The van der Waals surface area contributed by atoms with Crippen LogP contribution in [0.4, 0.5) is 5.69 Å². The standard InChI is InChI=1S/C20H20N2O4/c1-20(2)19(24)22(12-6-9-14-7-4-3-5-8-14)16-13-15(18(23)21-25)10-11-17(16)26-20/h3-11,13,25H,12H2,1-2H3,(H,21,23)/b9-6+. The number of carbonyl (C=O) groups is 2. The molecular weight excluding hydrogens is 332 g/mol. The first kappa shape index (κ1) is 17.7. The molecule has 1 aliphatic rings. The van der Waals surface area contributed by atoms with Gasteiger partial charge in [0, 0.05) is 12.1 Å². The van der Waals surface area contributed by atoms with Gasteiger partial charge in [-0.15, -0.1) is 0 Å². The zero-order valence-corrected chi connectivity index (χ0v) is 14.6. The van der Waals surface area contributed by atoms with Crippen LogP contribution in [0.1, 0.15) is 29.8 Å². The third-order valence-corrected chi connectivity index (χ3v) is 4.14. The lowest BCUT2D eigenvalue weighted by Crippen LogP contribution is -2.52. The van der Waals surface area contributed by atoms with Crippen LogP contribution in [-0.2, 0) is 4.79 Å².